The summed E-state index contributed by atoms with van der Waals surface area (Å²) >= 11 is 0. The first-order valence-electron chi connectivity index (χ1n) is 8.53. The largest absolute Gasteiger partial charge is 0.497 e. The zero-order chi connectivity index (χ0) is 18.6. The standard InChI is InChI=1S/C19H24N2O4S/c1-24-17-8-9-19(18(14-17)25-2)26(22,23)21-12-10-20(11-13-21)15-16-6-4-3-5-7-16/h3-9,14H,10-13,15H2,1-2H3. The molecule has 0 radical (unpaired) electrons. The average molecular weight is 376 g/mol. The molecule has 1 heterocycles. The first kappa shape index (κ1) is 18.7. The van der Waals surface area contributed by atoms with Crippen molar-refractivity contribution in [1.29, 1.82) is 0 Å². The Kier molecular flexibility index (Phi) is 5.80. The molecule has 1 saturated heterocycles. The van der Waals surface area contributed by atoms with Crippen LogP contribution >= 0.6 is 0 Å². The van der Waals surface area contributed by atoms with Gasteiger partial charge in [0.25, 0.3) is 0 Å². The SMILES string of the molecule is COc1ccc(S(=O)(=O)N2CCN(Cc3ccccc3)CC2)c(OC)c1. The predicted molar refractivity (Wildman–Crippen MR) is 100 cm³/mol. The van der Waals surface area contributed by atoms with Crippen LogP contribution in [0.2, 0.25) is 0 Å². The van der Waals surface area contributed by atoms with Crippen LogP contribution < -0.4 is 9.47 Å². The third-order valence-corrected chi connectivity index (χ3v) is 6.51. The fourth-order valence-electron chi connectivity index (χ4n) is 3.10. The van der Waals surface area contributed by atoms with Crippen molar-refractivity contribution < 1.29 is 17.9 Å². The highest BCUT2D eigenvalue weighted by Crippen LogP contribution is 2.31. The van der Waals surface area contributed by atoms with Crippen molar-refractivity contribution in [1.82, 2.24) is 9.21 Å². The van der Waals surface area contributed by atoms with E-state index in [1.165, 1.54) is 24.1 Å². The second-order valence-corrected chi connectivity index (χ2v) is 8.09. The fraction of sp³-hybridized carbons (Fsp3) is 0.368. The number of piperazine rings is 1. The molecule has 26 heavy (non-hydrogen) atoms. The number of methoxy groups -OCH3 is 2. The number of hydrogen-bond acceptors (Lipinski definition) is 5. The van der Waals surface area contributed by atoms with Gasteiger partial charge in [0.1, 0.15) is 16.4 Å². The van der Waals surface area contributed by atoms with Crippen LogP contribution in [0.1, 0.15) is 5.56 Å². The molecule has 6 nitrogen and oxygen atoms in total. The zero-order valence-electron chi connectivity index (χ0n) is 15.1. The summed E-state index contributed by atoms with van der Waals surface area (Å²) in [6.07, 6.45) is 0. The van der Waals surface area contributed by atoms with E-state index in [2.05, 4.69) is 17.0 Å². The number of nitrogens with zero attached hydrogens (tertiary/aromatic N) is 2. The van der Waals surface area contributed by atoms with E-state index in [0.29, 0.717) is 37.7 Å². The molecule has 1 fully saturated rings. The summed E-state index contributed by atoms with van der Waals surface area (Å²) in [6.45, 7) is 3.16. The number of rotatable bonds is 6. The number of sulfonamides is 1. The van der Waals surface area contributed by atoms with E-state index in [0.717, 1.165) is 6.54 Å². The Morgan fingerprint density at radius 1 is 0.923 bits per heavy atom. The lowest BCUT2D eigenvalue weighted by Crippen LogP contribution is -2.48. The summed E-state index contributed by atoms with van der Waals surface area (Å²) in [5, 5.41) is 0. The number of ether oxygens (including phenoxy) is 2. The van der Waals surface area contributed by atoms with Crippen LogP contribution in [0.5, 0.6) is 11.5 Å². The third kappa shape index (κ3) is 4.00. The summed E-state index contributed by atoms with van der Waals surface area (Å²) in [4.78, 5) is 2.45. The first-order valence-corrected chi connectivity index (χ1v) is 9.97. The maximum Gasteiger partial charge on any atom is 0.246 e. The summed E-state index contributed by atoms with van der Waals surface area (Å²) in [7, 11) is -0.599. The lowest BCUT2D eigenvalue weighted by Gasteiger charge is -2.34. The number of hydrogen-bond donors (Lipinski definition) is 0. The molecule has 3 rings (SSSR count). The Hall–Kier alpha value is -2.09. The van der Waals surface area contributed by atoms with Crippen LogP contribution in [0, 0.1) is 0 Å². The van der Waals surface area contributed by atoms with Crippen molar-refractivity contribution in [2.24, 2.45) is 0 Å². The topological polar surface area (TPSA) is 59.1 Å². The highest BCUT2D eigenvalue weighted by molar-refractivity contribution is 7.89. The first-order chi connectivity index (χ1) is 12.5. The zero-order valence-corrected chi connectivity index (χ0v) is 15.9. The summed E-state index contributed by atoms with van der Waals surface area (Å²) in [5.74, 6) is 0.865. The van der Waals surface area contributed by atoms with Crippen LogP contribution in [0.4, 0.5) is 0 Å². The van der Waals surface area contributed by atoms with E-state index in [-0.39, 0.29) is 4.90 Å². The quantitative estimate of drug-likeness (QED) is 0.774. The van der Waals surface area contributed by atoms with Gasteiger partial charge < -0.3 is 9.47 Å². The normalized spacial score (nSPS) is 16.4. The van der Waals surface area contributed by atoms with Gasteiger partial charge >= 0.3 is 0 Å². The average Bonchev–Trinajstić information content (AvgIpc) is 2.68. The van der Waals surface area contributed by atoms with Crippen LogP contribution in [-0.4, -0.2) is 58.0 Å². The fourth-order valence-corrected chi connectivity index (χ4v) is 4.66. The highest BCUT2D eigenvalue weighted by atomic mass is 32.2. The predicted octanol–water partition coefficient (Wildman–Crippen LogP) is 2.21. The van der Waals surface area contributed by atoms with Crippen molar-refractivity contribution in [2.75, 3.05) is 40.4 Å². The van der Waals surface area contributed by atoms with Gasteiger partial charge in [-0.1, -0.05) is 30.3 Å². The van der Waals surface area contributed by atoms with E-state index in [4.69, 9.17) is 9.47 Å². The molecule has 0 amide bonds. The monoisotopic (exact) mass is 376 g/mol. The van der Waals surface area contributed by atoms with Crippen LogP contribution in [0.15, 0.2) is 53.4 Å². The Bertz CT molecular complexity index is 832. The molecule has 0 aliphatic carbocycles. The summed E-state index contributed by atoms with van der Waals surface area (Å²) in [5.41, 5.74) is 1.24. The van der Waals surface area contributed by atoms with E-state index >= 15 is 0 Å². The van der Waals surface area contributed by atoms with Gasteiger partial charge in [0.05, 0.1) is 14.2 Å². The molecule has 2 aromatic carbocycles. The van der Waals surface area contributed by atoms with E-state index in [1.807, 2.05) is 18.2 Å². The molecule has 0 N–H and O–H groups in total. The molecule has 140 valence electrons. The minimum atomic E-state index is -3.60. The summed E-state index contributed by atoms with van der Waals surface area (Å²) < 4.78 is 38.0. The molecule has 0 spiro atoms. The van der Waals surface area contributed by atoms with Gasteiger partial charge in [-0.05, 0) is 17.7 Å². The van der Waals surface area contributed by atoms with Gasteiger partial charge in [-0.2, -0.15) is 4.31 Å². The molecular weight excluding hydrogens is 352 g/mol. The molecular formula is C19H24N2O4S. The Morgan fingerprint density at radius 2 is 1.62 bits per heavy atom. The molecule has 0 atom stereocenters. The van der Waals surface area contributed by atoms with Crippen molar-refractivity contribution >= 4 is 10.0 Å². The molecule has 1 aliphatic heterocycles. The Morgan fingerprint density at radius 3 is 2.23 bits per heavy atom. The molecule has 0 saturated carbocycles. The van der Waals surface area contributed by atoms with Gasteiger partial charge in [0.15, 0.2) is 0 Å². The maximum absolute atomic E-state index is 13.0. The highest BCUT2D eigenvalue weighted by Gasteiger charge is 2.31. The lowest BCUT2D eigenvalue weighted by molar-refractivity contribution is 0.181. The van der Waals surface area contributed by atoms with Crippen LogP contribution in [0.25, 0.3) is 0 Å². The summed E-state index contributed by atoms with van der Waals surface area (Å²) in [6, 6.07) is 15.0. The molecule has 7 heteroatoms. The lowest BCUT2D eigenvalue weighted by atomic mass is 10.2. The third-order valence-electron chi connectivity index (χ3n) is 4.57. The van der Waals surface area contributed by atoms with Crippen molar-refractivity contribution in [3.63, 3.8) is 0 Å². The molecule has 2 aromatic rings. The molecule has 1 aliphatic rings. The van der Waals surface area contributed by atoms with E-state index in [1.54, 1.807) is 18.2 Å². The van der Waals surface area contributed by atoms with Crippen molar-refractivity contribution in [2.45, 2.75) is 11.4 Å². The Labute approximate surface area is 155 Å². The van der Waals surface area contributed by atoms with E-state index in [9.17, 15) is 8.42 Å². The van der Waals surface area contributed by atoms with Crippen molar-refractivity contribution in [3.05, 3.63) is 54.1 Å². The minimum absolute atomic E-state index is 0.178. The van der Waals surface area contributed by atoms with Gasteiger partial charge in [-0.15, -0.1) is 0 Å². The molecule has 0 unspecified atom stereocenters. The number of benzene rings is 2. The van der Waals surface area contributed by atoms with Crippen molar-refractivity contribution in [3.8, 4) is 11.5 Å². The minimum Gasteiger partial charge on any atom is -0.497 e. The van der Waals surface area contributed by atoms with Gasteiger partial charge in [-0.3, -0.25) is 4.90 Å². The van der Waals surface area contributed by atoms with Gasteiger partial charge in [-0.25, -0.2) is 8.42 Å². The second kappa shape index (κ2) is 8.07. The molecule has 0 aromatic heterocycles. The van der Waals surface area contributed by atoms with Crippen LogP contribution in [-0.2, 0) is 16.6 Å². The van der Waals surface area contributed by atoms with Gasteiger partial charge in [0, 0.05) is 38.8 Å². The second-order valence-electron chi connectivity index (χ2n) is 6.18. The maximum atomic E-state index is 13.0. The molecule has 0 bridgehead atoms. The van der Waals surface area contributed by atoms with E-state index < -0.39 is 10.0 Å². The Balaban J connectivity index is 1.70. The van der Waals surface area contributed by atoms with Crippen LogP contribution in [0.3, 0.4) is 0 Å². The van der Waals surface area contributed by atoms with Gasteiger partial charge in [0.2, 0.25) is 10.0 Å². The smallest absolute Gasteiger partial charge is 0.246 e.